The lowest BCUT2D eigenvalue weighted by Gasteiger charge is -2.15. The topological polar surface area (TPSA) is 38.3 Å². The van der Waals surface area contributed by atoms with Gasteiger partial charge in [0.15, 0.2) is 0 Å². The lowest BCUT2D eigenvalue weighted by Crippen LogP contribution is -2.21. The maximum atomic E-state index is 13.5. The molecule has 0 bridgehead atoms. The normalized spacial score (nSPS) is 12.2. The molecule has 1 rings (SSSR count). The summed E-state index contributed by atoms with van der Waals surface area (Å²) < 4.78 is 31.3. The van der Waals surface area contributed by atoms with Gasteiger partial charge in [-0.1, -0.05) is 0 Å². The number of benzene rings is 1. The van der Waals surface area contributed by atoms with Crippen LogP contribution in [0.5, 0.6) is 0 Å². The van der Waals surface area contributed by atoms with E-state index in [4.69, 9.17) is 4.74 Å². The Kier molecular flexibility index (Phi) is 6.42. The van der Waals surface area contributed by atoms with Gasteiger partial charge in [0.2, 0.25) is 0 Å². The van der Waals surface area contributed by atoms with Gasteiger partial charge in [-0.2, -0.15) is 0 Å². The Hall–Kier alpha value is -1.49. The van der Waals surface area contributed by atoms with E-state index in [1.807, 2.05) is 0 Å². The van der Waals surface area contributed by atoms with Crippen LogP contribution < -0.4 is 5.32 Å². The van der Waals surface area contributed by atoms with Gasteiger partial charge in [-0.05, 0) is 45.0 Å². The van der Waals surface area contributed by atoms with Crippen molar-refractivity contribution in [1.82, 2.24) is 5.32 Å². The van der Waals surface area contributed by atoms with Crippen LogP contribution in [-0.2, 0) is 9.53 Å². The van der Waals surface area contributed by atoms with Crippen LogP contribution in [0.4, 0.5) is 8.78 Å². The highest BCUT2D eigenvalue weighted by Crippen LogP contribution is 2.17. The number of esters is 1. The fraction of sp³-hybridized carbons (Fsp3) is 0.500. The van der Waals surface area contributed by atoms with E-state index in [-0.39, 0.29) is 17.6 Å². The first-order valence-corrected chi connectivity index (χ1v) is 6.38. The summed E-state index contributed by atoms with van der Waals surface area (Å²) in [6.45, 7) is 4.42. The van der Waals surface area contributed by atoms with Gasteiger partial charge < -0.3 is 10.1 Å². The molecule has 5 heteroatoms. The monoisotopic (exact) mass is 271 g/mol. The second-order valence-electron chi connectivity index (χ2n) is 4.25. The first kappa shape index (κ1) is 15.6. The van der Waals surface area contributed by atoms with Gasteiger partial charge in [0.25, 0.3) is 0 Å². The molecule has 0 radical (unpaired) electrons. The molecule has 1 aromatic rings. The average molecular weight is 271 g/mol. The van der Waals surface area contributed by atoms with Gasteiger partial charge in [-0.25, -0.2) is 8.78 Å². The van der Waals surface area contributed by atoms with Gasteiger partial charge in [-0.3, -0.25) is 4.79 Å². The van der Waals surface area contributed by atoms with Crippen molar-refractivity contribution in [2.45, 2.75) is 32.7 Å². The molecule has 1 atom stereocenters. The smallest absolute Gasteiger partial charge is 0.305 e. The van der Waals surface area contributed by atoms with E-state index < -0.39 is 11.6 Å². The predicted molar refractivity (Wildman–Crippen MR) is 68.6 cm³/mol. The molecule has 1 unspecified atom stereocenters. The minimum atomic E-state index is -0.462. The molecule has 0 aromatic heterocycles. The molecule has 3 nitrogen and oxygen atoms in total. The van der Waals surface area contributed by atoms with Crippen LogP contribution in [0.3, 0.4) is 0 Å². The van der Waals surface area contributed by atoms with Crippen molar-refractivity contribution in [1.29, 1.82) is 0 Å². The number of hydrogen-bond acceptors (Lipinski definition) is 3. The van der Waals surface area contributed by atoms with Crippen LogP contribution in [0.15, 0.2) is 18.2 Å². The molecule has 106 valence electrons. The fourth-order valence-corrected chi connectivity index (χ4v) is 1.74. The maximum Gasteiger partial charge on any atom is 0.305 e. The second kappa shape index (κ2) is 7.84. The van der Waals surface area contributed by atoms with E-state index in [0.717, 1.165) is 12.1 Å². The van der Waals surface area contributed by atoms with Crippen molar-refractivity contribution in [3.8, 4) is 0 Å². The standard InChI is InChI=1S/C14H19F2NO2/c1-3-19-14(18)5-4-8-17-10(2)12-9-11(15)6-7-13(12)16/h6-7,9-10,17H,3-5,8H2,1-2H3. The van der Waals surface area contributed by atoms with Crippen molar-refractivity contribution >= 4 is 5.97 Å². The van der Waals surface area contributed by atoms with E-state index in [2.05, 4.69) is 5.32 Å². The molecule has 1 N–H and O–H groups in total. The van der Waals surface area contributed by atoms with Crippen molar-refractivity contribution in [3.63, 3.8) is 0 Å². The van der Waals surface area contributed by atoms with Crippen molar-refractivity contribution in [3.05, 3.63) is 35.4 Å². The molecule has 0 heterocycles. The highest BCUT2D eigenvalue weighted by atomic mass is 19.1. The number of carbonyl (C=O) groups is 1. The number of halogens is 2. The fourth-order valence-electron chi connectivity index (χ4n) is 1.74. The Morgan fingerprint density at radius 3 is 2.84 bits per heavy atom. The molecule has 0 aliphatic rings. The van der Waals surface area contributed by atoms with Crippen LogP contribution >= 0.6 is 0 Å². The molecule has 0 amide bonds. The van der Waals surface area contributed by atoms with Crippen LogP contribution in [-0.4, -0.2) is 19.1 Å². The minimum absolute atomic E-state index is 0.242. The van der Waals surface area contributed by atoms with Crippen molar-refractivity contribution in [2.75, 3.05) is 13.2 Å². The lowest BCUT2D eigenvalue weighted by molar-refractivity contribution is -0.143. The van der Waals surface area contributed by atoms with E-state index in [1.54, 1.807) is 13.8 Å². The molecular weight excluding hydrogens is 252 g/mol. The Morgan fingerprint density at radius 2 is 2.16 bits per heavy atom. The highest BCUT2D eigenvalue weighted by molar-refractivity contribution is 5.69. The Balaban J connectivity index is 2.37. The SMILES string of the molecule is CCOC(=O)CCCNC(C)c1cc(F)ccc1F. The predicted octanol–water partition coefficient (Wildman–Crippen LogP) is 2.96. The van der Waals surface area contributed by atoms with Crippen LogP contribution in [0.25, 0.3) is 0 Å². The summed E-state index contributed by atoms with van der Waals surface area (Å²) in [4.78, 5) is 11.1. The largest absolute Gasteiger partial charge is 0.466 e. The van der Waals surface area contributed by atoms with E-state index in [1.165, 1.54) is 6.07 Å². The minimum Gasteiger partial charge on any atom is -0.466 e. The third kappa shape index (κ3) is 5.34. The quantitative estimate of drug-likeness (QED) is 0.612. The van der Waals surface area contributed by atoms with Gasteiger partial charge in [0.05, 0.1) is 6.61 Å². The summed E-state index contributed by atoms with van der Waals surface area (Å²) in [5.74, 6) is -1.14. The molecule has 0 aliphatic heterocycles. The van der Waals surface area contributed by atoms with Gasteiger partial charge in [-0.15, -0.1) is 0 Å². The number of ether oxygens (including phenoxy) is 1. The molecule has 19 heavy (non-hydrogen) atoms. The van der Waals surface area contributed by atoms with Crippen LogP contribution in [0.1, 0.15) is 38.3 Å². The summed E-state index contributed by atoms with van der Waals surface area (Å²) in [7, 11) is 0. The summed E-state index contributed by atoms with van der Waals surface area (Å²) >= 11 is 0. The molecular formula is C14H19F2NO2. The molecule has 0 fully saturated rings. The zero-order valence-electron chi connectivity index (χ0n) is 11.2. The van der Waals surface area contributed by atoms with Crippen molar-refractivity contribution in [2.24, 2.45) is 0 Å². The zero-order valence-corrected chi connectivity index (χ0v) is 11.2. The number of hydrogen-bond donors (Lipinski definition) is 1. The molecule has 0 saturated heterocycles. The summed E-state index contributed by atoms with van der Waals surface area (Å²) in [6, 6.07) is 3.07. The van der Waals surface area contributed by atoms with E-state index in [0.29, 0.717) is 26.0 Å². The lowest BCUT2D eigenvalue weighted by atomic mass is 10.1. The summed E-state index contributed by atoms with van der Waals surface area (Å²) in [5, 5.41) is 3.05. The van der Waals surface area contributed by atoms with Gasteiger partial charge in [0.1, 0.15) is 11.6 Å². The van der Waals surface area contributed by atoms with Crippen molar-refractivity contribution < 1.29 is 18.3 Å². The van der Waals surface area contributed by atoms with E-state index in [9.17, 15) is 13.6 Å². The maximum absolute atomic E-state index is 13.5. The van der Waals surface area contributed by atoms with E-state index >= 15 is 0 Å². The van der Waals surface area contributed by atoms with Gasteiger partial charge >= 0.3 is 5.97 Å². The summed E-state index contributed by atoms with van der Waals surface area (Å²) in [6.07, 6.45) is 0.916. The molecule has 0 saturated carbocycles. The Labute approximate surface area is 112 Å². The highest BCUT2D eigenvalue weighted by Gasteiger charge is 2.11. The third-order valence-corrected chi connectivity index (χ3v) is 2.74. The Bertz CT molecular complexity index is 424. The first-order valence-electron chi connectivity index (χ1n) is 6.38. The number of nitrogens with one attached hydrogen (secondary N) is 1. The van der Waals surface area contributed by atoms with Crippen LogP contribution in [0, 0.1) is 11.6 Å². The number of carbonyl (C=O) groups excluding carboxylic acids is 1. The third-order valence-electron chi connectivity index (χ3n) is 2.74. The molecule has 0 spiro atoms. The first-order chi connectivity index (χ1) is 9.04. The second-order valence-corrected chi connectivity index (χ2v) is 4.25. The zero-order chi connectivity index (χ0) is 14.3. The van der Waals surface area contributed by atoms with Crippen LogP contribution in [0.2, 0.25) is 0 Å². The number of rotatable bonds is 7. The van der Waals surface area contributed by atoms with Gasteiger partial charge in [0, 0.05) is 18.0 Å². The Morgan fingerprint density at radius 1 is 1.42 bits per heavy atom. The molecule has 0 aliphatic carbocycles. The summed E-state index contributed by atoms with van der Waals surface area (Å²) in [5.41, 5.74) is 0.288. The average Bonchev–Trinajstić information content (AvgIpc) is 2.37. The molecule has 1 aromatic carbocycles.